The van der Waals surface area contributed by atoms with Crippen molar-refractivity contribution in [1.82, 2.24) is 0 Å². The number of ether oxygens (including phenoxy) is 1. The molecule has 0 radical (unpaired) electrons. The van der Waals surface area contributed by atoms with Gasteiger partial charge in [0.05, 0.1) is 11.8 Å². The van der Waals surface area contributed by atoms with E-state index < -0.39 is 23.3 Å². The fourth-order valence-electron chi connectivity index (χ4n) is 7.17. The molecule has 6 aliphatic carbocycles. The molecule has 1 heterocycles. The number of aryl methyl sites for hydroxylation is 5. The first-order valence-electron chi connectivity index (χ1n) is 12.9. The molecule has 0 saturated heterocycles. The Morgan fingerprint density at radius 3 is 2.22 bits per heavy atom. The highest BCUT2D eigenvalue weighted by atomic mass is 16.6. The molecule has 180 valence electrons. The Hall–Kier alpha value is -3.73. The van der Waals surface area contributed by atoms with Crippen molar-refractivity contribution in [2.45, 2.75) is 62.3 Å². The minimum absolute atomic E-state index is 0.305. The van der Waals surface area contributed by atoms with Crippen LogP contribution in [0, 0.1) is 10.1 Å². The Morgan fingerprint density at radius 1 is 0.806 bits per heavy atom. The van der Waals surface area contributed by atoms with Gasteiger partial charge in [0, 0.05) is 10.5 Å². The number of nitrogens with zero attached hydrogens (tertiary/aromatic N) is 1. The van der Waals surface area contributed by atoms with Crippen LogP contribution in [0.4, 0.5) is 0 Å². The van der Waals surface area contributed by atoms with E-state index in [0.29, 0.717) is 12.2 Å². The number of fused-ring (bicyclic) bond motifs is 5. The van der Waals surface area contributed by atoms with E-state index in [1.54, 1.807) is 0 Å². The first kappa shape index (κ1) is 21.5. The van der Waals surface area contributed by atoms with Crippen LogP contribution in [0.25, 0.3) is 0 Å². The summed E-state index contributed by atoms with van der Waals surface area (Å²) in [7, 11) is 0. The van der Waals surface area contributed by atoms with E-state index in [-0.39, 0.29) is 4.92 Å². The van der Waals surface area contributed by atoms with Gasteiger partial charge < -0.3 is 4.74 Å². The number of carbonyl (C=O) groups excluding carboxylic acids is 1. The molecule has 0 aromatic heterocycles. The van der Waals surface area contributed by atoms with Crippen LogP contribution in [-0.2, 0) is 36.9 Å². The molecule has 36 heavy (non-hydrogen) atoms. The van der Waals surface area contributed by atoms with Crippen molar-refractivity contribution in [2.75, 3.05) is 0 Å². The van der Waals surface area contributed by atoms with Gasteiger partial charge in [-0.15, -0.1) is 0 Å². The lowest BCUT2D eigenvalue weighted by atomic mass is 9.57. The monoisotopic (exact) mass is 477 g/mol. The van der Waals surface area contributed by atoms with Crippen LogP contribution in [0.3, 0.4) is 0 Å². The first-order chi connectivity index (χ1) is 17.6. The fraction of sp³-hybridized carbons (Fsp3) is 0.323. The number of nitro groups is 1. The predicted molar refractivity (Wildman–Crippen MR) is 136 cm³/mol. The summed E-state index contributed by atoms with van der Waals surface area (Å²) in [5.41, 5.74) is 6.55. The van der Waals surface area contributed by atoms with Crippen molar-refractivity contribution >= 4 is 5.97 Å². The highest BCUT2D eigenvalue weighted by molar-refractivity contribution is 5.89. The quantitative estimate of drug-likeness (QED) is 0.149. The van der Waals surface area contributed by atoms with E-state index in [2.05, 4.69) is 42.5 Å². The van der Waals surface area contributed by atoms with Crippen molar-refractivity contribution in [1.29, 1.82) is 0 Å². The molecule has 3 aromatic rings. The van der Waals surface area contributed by atoms with Crippen LogP contribution in [0.5, 0.6) is 5.75 Å². The van der Waals surface area contributed by atoms with E-state index in [1.807, 2.05) is 24.3 Å². The van der Waals surface area contributed by atoms with Crippen LogP contribution < -0.4 is 4.74 Å². The van der Waals surface area contributed by atoms with E-state index in [1.165, 1.54) is 11.1 Å². The molecule has 4 bridgehead atoms. The van der Waals surface area contributed by atoms with Gasteiger partial charge in [-0.3, -0.25) is 10.1 Å². The largest absolute Gasteiger partial charge is 0.421 e. The molecule has 0 saturated carbocycles. The lowest BCUT2D eigenvalue weighted by molar-refractivity contribution is -0.564. The van der Waals surface area contributed by atoms with Crippen molar-refractivity contribution < 1.29 is 14.5 Å². The second-order valence-electron chi connectivity index (χ2n) is 10.6. The van der Waals surface area contributed by atoms with Gasteiger partial charge in [0.15, 0.2) is 0 Å². The minimum Gasteiger partial charge on any atom is -0.421 e. The molecule has 3 atom stereocenters. The third-order valence-corrected chi connectivity index (χ3v) is 8.94. The highest BCUT2D eigenvalue weighted by Gasteiger charge is 2.70. The lowest BCUT2D eigenvalue weighted by Crippen LogP contribution is -2.61. The number of allylic oxidation sites excluding steroid dienone is 1. The number of rotatable bonds is 1. The van der Waals surface area contributed by atoms with E-state index in [0.717, 1.165) is 71.9 Å². The minimum atomic E-state index is -1.85. The fourth-order valence-corrected chi connectivity index (χ4v) is 7.17. The van der Waals surface area contributed by atoms with Crippen LogP contribution in [0.1, 0.15) is 63.6 Å². The summed E-state index contributed by atoms with van der Waals surface area (Å²) in [6.45, 7) is 0. The smallest absolute Gasteiger partial charge is 0.391 e. The SMILES string of the molecule is O=C1Oc2c3ccc(c2[C@@H]2CC=C4CCc5ccccc5[C@@H]4[C@]12[N+](=O)[O-])CCc1ccc(cc1)CC3. The van der Waals surface area contributed by atoms with Gasteiger partial charge in [-0.1, -0.05) is 72.3 Å². The van der Waals surface area contributed by atoms with Gasteiger partial charge in [-0.2, -0.15) is 0 Å². The molecule has 0 N–H and O–H groups in total. The number of hydrogen-bond acceptors (Lipinski definition) is 4. The van der Waals surface area contributed by atoms with E-state index >= 15 is 0 Å². The Kier molecular flexibility index (Phi) is 4.72. The van der Waals surface area contributed by atoms with E-state index in [9.17, 15) is 14.9 Å². The Labute approximate surface area is 210 Å². The maximum atomic E-state index is 14.0. The normalized spacial score (nSPS) is 25.8. The van der Waals surface area contributed by atoms with Crippen LogP contribution in [-0.4, -0.2) is 16.4 Å². The van der Waals surface area contributed by atoms with Gasteiger partial charge in [0.1, 0.15) is 5.75 Å². The van der Waals surface area contributed by atoms with Gasteiger partial charge >= 0.3 is 11.5 Å². The molecule has 1 aliphatic heterocycles. The molecule has 5 nitrogen and oxygen atoms in total. The summed E-state index contributed by atoms with van der Waals surface area (Å²) in [4.78, 5) is 26.8. The number of benzene rings is 3. The summed E-state index contributed by atoms with van der Waals surface area (Å²) >= 11 is 0. The summed E-state index contributed by atoms with van der Waals surface area (Å²) in [6.07, 6.45) is 7.40. The molecule has 7 aliphatic rings. The zero-order valence-corrected chi connectivity index (χ0v) is 20.0. The Bertz CT molecular complexity index is 1450. The number of carbonyl (C=O) groups is 1. The van der Waals surface area contributed by atoms with Crippen molar-refractivity contribution in [3.63, 3.8) is 0 Å². The second-order valence-corrected chi connectivity index (χ2v) is 10.6. The van der Waals surface area contributed by atoms with Crippen LogP contribution >= 0.6 is 0 Å². The summed E-state index contributed by atoms with van der Waals surface area (Å²) < 4.78 is 6.12. The molecule has 10 rings (SSSR count). The van der Waals surface area contributed by atoms with Gasteiger partial charge in [0.2, 0.25) is 0 Å². The average molecular weight is 478 g/mol. The molecular weight excluding hydrogens is 450 g/mol. The number of hydrogen-bond donors (Lipinski definition) is 0. The number of esters is 1. The predicted octanol–water partition coefficient (Wildman–Crippen LogP) is 5.65. The third kappa shape index (κ3) is 2.92. The summed E-state index contributed by atoms with van der Waals surface area (Å²) in [5, 5.41) is 13.1. The summed E-state index contributed by atoms with van der Waals surface area (Å²) in [6, 6.07) is 20.8. The van der Waals surface area contributed by atoms with Crippen molar-refractivity contribution in [2.24, 2.45) is 0 Å². The molecule has 5 heteroatoms. The second kappa shape index (κ2) is 7.89. The van der Waals surface area contributed by atoms with Gasteiger partial charge in [-0.05, 0) is 78.3 Å². The summed E-state index contributed by atoms with van der Waals surface area (Å²) in [5.74, 6) is -1.27. The molecule has 0 fully saturated rings. The Balaban J connectivity index is 1.45. The highest BCUT2D eigenvalue weighted by Crippen LogP contribution is 2.59. The van der Waals surface area contributed by atoms with Gasteiger partial charge in [-0.25, -0.2) is 4.79 Å². The molecule has 0 amide bonds. The first-order valence-corrected chi connectivity index (χ1v) is 12.9. The average Bonchev–Trinajstić information content (AvgIpc) is 2.89. The maximum absolute atomic E-state index is 14.0. The maximum Gasteiger partial charge on any atom is 0.391 e. The van der Waals surface area contributed by atoms with Crippen molar-refractivity contribution in [3.05, 3.63) is 121 Å². The van der Waals surface area contributed by atoms with E-state index in [4.69, 9.17) is 4.74 Å². The van der Waals surface area contributed by atoms with Gasteiger partial charge in [0.25, 0.3) is 0 Å². The third-order valence-electron chi connectivity index (χ3n) is 8.94. The topological polar surface area (TPSA) is 69.4 Å². The Morgan fingerprint density at radius 2 is 1.47 bits per heavy atom. The molecule has 3 aromatic carbocycles. The standard InChI is InChI=1S/C31H27NO4/c33-30-31(32(34)35)26(18-17-23-15-13-21-3-1-2-4-25(21)28(23)31)27-22-11-9-19-5-7-20(8-6-19)10-12-24(16-14-22)29(27)36-30/h1-8,14,16-17,26,28H,9-13,15,18H2/t26-,28+,31-/m0/s1. The zero-order chi connectivity index (χ0) is 24.4. The van der Waals surface area contributed by atoms with Crippen LogP contribution in [0.2, 0.25) is 0 Å². The van der Waals surface area contributed by atoms with Crippen LogP contribution in [0.15, 0.2) is 72.3 Å². The molecule has 0 spiro atoms. The lowest BCUT2D eigenvalue weighted by Gasteiger charge is -2.46. The molecule has 0 unspecified atom stereocenters. The van der Waals surface area contributed by atoms with Crippen molar-refractivity contribution in [3.8, 4) is 5.75 Å². The zero-order valence-electron chi connectivity index (χ0n) is 20.0. The molecular formula is C31H27NO4.